The minimum Gasteiger partial charge on any atom is -0.371 e. The van der Waals surface area contributed by atoms with Crippen molar-refractivity contribution in [1.29, 1.82) is 0 Å². The van der Waals surface area contributed by atoms with Crippen LogP contribution in [0.1, 0.15) is 46.0 Å². The van der Waals surface area contributed by atoms with Gasteiger partial charge in [0, 0.05) is 4.43 Å². The van der Waals surface area contributed by atoms with Gasteiger partial charge in [0.25, 0.3) is 0 Å². The van der Waals surface area contributed by atoms with Gasteiger partial charge in [-0.25, -0.2) is 0 Å². The molecule has 1 aliphatic heterocycles. The van der Waals surface area contributed by atoms with Crippen LogP contribution in [0, 0.1) is 5.41 Å². The molecule has 0 aromatic heterocycles. The van der Waals surface area contributed by atoms with Gasteiger partial charge in [-0.05, 0) is 44.4 Å². The summed E-state index contributed by atoms with van der Waals surface area (Å²) < 4.78 is 7.40. The molecule has 2 aliphatic rings. The Morgan fingerprint density at radius 2 is 2.00 bits per heavy atom. The molecule has 0 N–H and O–H groups in total. The molecule has 1 saturated carbocycles. The molecule has 0 bridgehead atoms. The highest BCUT2D eigenvalue weighted by Gasteiger charge is 2.55. The van der Waals surface area contributed by atoms with Crippen molar-refractivity contribution in [3.05, 3.63) is 0 Å². The third kappa shape index (κ3) is 1.76. The van der Waals surface area contributed by atoms with Gasteiger partial charge in [0.2, 0.25) is 0 Å². The maximum atomic E-state index is 6.24. The number of halogens is 1. The first kappa shape index (κ1) is 10.2. The SMILES string of the molecule is CC1(C2(C)CCCC(CI)O2)CC1. The Kier molecular flexibility index (Phi) is 2.65. The second-order valence-electron chi connectivity index (χ2n) is 5.08. The molecule has 0 spiro atoms. The number of alkyl halides is 1. The van der Waals surface area contributed by atoms with Gasteiger partial charge in [0.15, 0.2) is 0 Å². The van der Waals surface area contributed by atoms with E-state index in [1.165, 1.54) is 32.1 Å². The Labute approximate surface area is 94.8 Å². The van der Waals surface area contributed by atoms with Crippen LogP contribution in [0.15, 0.2) is 0 Å². The molecular formula is C11H19IO. The van der Waals surface area contributed by atoms with E-state index in [1.54, 1.807) is 0 Å². The topological polar surface area (TPSA) is 9.23 Å². The van der Waals surface area contributed by atoms with Gasteiger partial charge in [-0.1, -0.05) is 29.5 Å². The minimum absolute atomic E-state index is 0.196. The fraction of sp³-hybridized carbons (Fsp3) is 1.00. The summed E-state index contributed by atoms with van der Waals surface area (Å²) in [6.07, 6.45) is 7.18. The molecule has 0 amide bonds. The van der Waals surface area contributed by atoms with Crippen molar-refractivity contribution in [1.82, 2.24) is 0 Å². The van der Waals surface area contributed by atoms with Crippen LogP contribution < -0.4 is 0 Å². The van der Waals surface area contributed by atoms with Gasteiger partial charge < -0.3 is 4.74 Å². The third-order valence-electron chi connectivity index (χ3n) is 4.06. The van der Waals surface area contributed by atoms with Crippen molar-refractivity contribution in [2.24, 2.45) is 5.41 Å². The predicted molar refractivity (Wildman–Crippen MR) is 63.4 cm³/mol. The van der Waals surface area contributed by atoms with E-state index < -0.39 is 0 Å². The van der Waals surface area contributed by atoms with Gasteiger partial charge in [0.05, 0.1) is 11.7 Å². The average molecular weight is 294 g/mol. The van der Waals surface area contributed by atoms with Crippen molar-refractivity contribution in [3.63, 3.8) is 0 Å². The molecule has 1 saturated heterocycles. The van der Waals surface area contributed by atoms with Gasteiger partial charge in [-0.15, -0.1) is 0 Å². The summed E-state index contributed by atoms with van der Waals surface area (Å²) in [5.41, 5.74) is 0.707. The molecular weight excluding hydrogens is 275 g/mol. The van der Waals surface area contributed by atoms with E-state index >= 15 is 0 Å². The Hall–Kier alpha value is 0.690. The Morgan fingerprint density at radius 1 is 1.31 bits per heavy atom. The highest BCUT2D eigenvalue weighted by atomic mass is 127. The number of hydrogen-bond donors (Lipinski definition) is 0. The zero-order valence-electron chi connectivity index (χ0n) is 8.61. The standard InChI is InChI=1S/C11H19IO/c1-10(6-7-10)11(2)5-3-4-9(8-12)13-11/h9H,3-8H2,1-2H3. The Balaban J connectivity index is 2.05. The summed E-state index contributed by atoms with van der Waals surface area (Å²) in [6, 6.07) is 0. The first-order valence-electron chi connectivity index (χ1n) is 5.33. The van der Waals surface area contributed by atoms with E-state index in [2.05, 4.69) is 36.4 Å². The molecule has 1 heterocycles. The summed E-state index contributed by atoms with van der Waals surface area (Å²) in [5.74, 6) is 0. The number of hydrogen-bond acceptors (Lipinski definition) is 1. The second kappa shape index (κ2) is 3.37. The lowest BCUT2D eigenvalue weighted by Gasteiger charge is -2.43. The quantitative estimate of drug-likeness (QED) is 0.559. The first-order chi connectivity index (χ1) is 6.10. The Morgan fingerprint density at radius 3 is 2.54 bits per heavy atom. The van der Waals surface area contributed by atoms with E-state index in [0.29, 0.717) is 11.5 Å². The highest BCUT2D eigenvalue weighted by Crippen LogP contribution is 2.58. The molecule has 2 heteroatoms. The zero-order chi connectivity index (χ0) is 9.53. The van der Waals surface area contributed by atoms with E-state index in [9.17, 15) is 0 Å². The average Bonchev–Trinajstić information content (AvgIpc) is 2.85. The molecule has 13 heavy (non-hydrogen) atoms. The van der Waals surface area contributed by atoms with Crippen LogP contribution in [0.3, 0.4) is 0 Å². The molecule has 1 aliphatic carbocycles. The lowest BCUT2D eigenvalue weighted by atomic mass is 9.80. The third-order valence-corrected chi connectivity index (χ3v) is 5.04. The van der Waals surface area contributed by atoms with Crippen LogP contribution in [-0.2, 0) is 4.74 Å². The summed E-state index contributed by atoms with van der Waals surface area (Å²) in [4.78, 5) is 0. The van der Waals surface area contributed by atoms with Crippen LogP contribution in [-0.4, -0.2) is 16.1 Å². The first-order valence-corrected chi connectivity index (χ1v) is 6.86. The molecule has 76 valence electrons. The van der Waals surface area contributed by atoms with Gasteiger partial charge >= 0.3 is 0 Å². The molecule has 2 atom stereocenters. The maximum Gasteiger partial charge on any atom is 0.0711 e. The van der Waals surface area contributed by atoms with E-state index in [1.807, 2.05) is 0 Å². The van der Waals surface area contributed by atoms with E-state index in [4.69, 9.17) is 4.74 Å². The molecule has 2 fully saturated rings. The molecule has 2 rings (SSSR count). The van der Waals surface area contributed by atoms with Crippen molar-refractivity contribution in [3.8, 4) is 0 Å². The highest BCUT2D eigenvalue weighted by molar-refractivity contribution is 14.1. The largest absolute Gasteiger partial charge is 0.371 e. The molecule has 0 radical (unpaired) electrons. The van der Waals surface area contributed by atoms with Gasteiger partial charge in [-0.3, -0.25) is 0 Å². The summed E-state index contributed by atoms with van der Waals surface area (Å²) in [7, 11) is 0. The fourth-order valence-corrected chi connectivity index (χ4v) is 3.04. The summed E-state index contributed by atoms with van der Waals surface area (Å²) in [6.45, 7) is 4.72. The van der Waals surface area contributed by atoms with Crippen molar-refractivity contribution >= 4 is 22.6 Å². The van der Waals surface area contributed by atoms with E-state index in [-0.39, 0.29) is 5.60 Å². The molecule has 0 aromatic rings. The summed E-state index contributed by atoms with van der Waals surface area (Å²) in [5, 5.41) is 0. The van der Waals surface area contributed by atoms with Gasteiger partial charge in [0.1, 0.15) is 0 Å². The lowest BCUT2D eigenvalue weighted by Crippen LogP contribution is -2.44. The fourth-order valence-electron chi connectivity index (χ4n) is 2.42. The van der Waals surface area contributed by atoms with Gasteiger partial charge in [-0.2, -0.15) is 0 Å². The van der Waals surface area contributed by atoms with Crippen LogP contribution >= 0.6 is 22.6 Å². The monoisotopic (exact) mass is 294 g/mol. The van der Waals surface area contributed by atoms with Crippen LogP contribution in [0.5, 0.6) is 0 Å². The predicted octanol–water partition coefficient (Wildman–Crippen LogP) is 3.55. The van der Waals surface area contributed by atoms with Crippen molar-refractivity contribution in [2.75, 3.05) is 4.43 Å². The van der Waals surface area contributed by atoms with Crippen molar-refractivity contribution < 1.29 is 4.74 Å². The normalized spacial score (nSPS) is 43.2. The second-order valence-corrected chi connectivity index (χ2v) is 5.96. The smallest absolute Gasteiger partial charge is 0.0711 e. The van der Waals surface area contributed by atoms with Crippen molar-refractivity contribution in [2.45, 2.75) is 57.7 Å². The minimum atomic E-state index is 0.196. The Bertz CT molecular complexity index is 200. The number of rotatable bonds is 2. The van der Waals surface area contributed by atoms with Crippen LogP contribution in [0.25, 0.3) is 0 Å². The number of ether oxygens (including phenoxy) is 1. The summed E-state index contributed by atoms with van der Waals surface area (Å²) >= 11 is 2.45. The maximum absolute atomic E-state index is 6.24. The van der Waals surface area contributed by atoms with Crippen LogP contribution in [0.4, 0.5) is 0 Å². The molecule has 1 nitrogen and oxygen atoms in total. The zero-order valence-corrected chi connectivity index (χ0v) is 10.8. The van der Waals surface area contributed by atoms with Crippen LogP contribution in [0.2, 0.25) is 0 Å². The molecule has 2 unspecified atom stereocenters. The molecule has 0 aromatic carbocycles. The lowest BCUT2D eigenvalue weighted by molar-refractivity contribution is -0.144. The van der Waals surface area contributed by atoms with E-state index in [0.717, 1.165) is 4.43 Å².